The van der Waals surface area contributed by atoms with Gasteiger partial charge in [-0.2, -0.15) is 5.10 Å². The van der Waals surface area contributed by atoms with Gasteiger partial charge in [-0.1, -0.05) is 13.8 Å². The normalized spacial score (nSPS) is 20.9. The van der Waals surface area contributed by atoms with Crippen molar-refractivity contribution in [2.24, 2.45) is 11.0 Å². The maximum Gasteiger partial charge on any atom is 0.321 e. The molecule has 1 atom stereocenters. The summed E-state index contributed by atoms with van der Waals surface area (Å²) in [6.45, 7) is 3.90. The number of hydrogen-bond donors (Lipinski definition) is 1. The van der Waals surface area contributed by atoms with Crippen molar-refractivity contribution in [2.75, 3.05) is 0 Å². The van der Waals surface area contributed by atoms with Crippen molar-refractivity contribution < 1.29 is 14.7 Å². The molecule has 1 heterocycles. The fraction of sp³-hybridized carbons (Fsp3) is 0.667. The summed E-state index contributed by atoms with van der Waals surface area (Å²) < 4.78 is 0. The highest BCUT2D eigenvalue weighted by Crippen LogP contribution is 2.17. The molecule has 0 saturated heterocycles. The molecule has 0 bridgehead atoms. The first-order chi connectivity index (χ1) is 6.61. The topological polar surface area (TPSA) is 70.0 Å². The average Bonchev–Trinajstić information content (AvgIpc) is 2.51. The van der Waals surface area contributed by atoms with Crippen LogP contribution in [0.3, 0.4) is 0 Å². The first-order valence-electron chi connectivity index (χ1n) is 4.71. The van der Waals surface area contributed by atoms with E-state index in [1.54, 1.807) is 0 Å². The molecule has 1 aliphatic rings. The van der Waals surface area contributed by atoms with Crippen LogP contribution >= 0.6 is 0 Å². The molecule has 1 amide bonds. The predicted molar refractivity (Wildman–Crippen MR) is 50.8 cm³/mol. The molecule has 5 nitrogen and oxygen atoms in total. The predicted octanol–water partition coefficient (Wildman–Crippen LogP) is 0.704. The molecule has 5 heteroatoms. The minimum absolute atomic E-state index is 0.0168. The third-order valence-electron chi connectivity index (χ3n) is 2.39. The highest BCUT2D eigenvalue weighted by molar-refractivity contribution is 6.12. The number of amides is 1. The van der Waals surface area contributed by atoms with Crippen LogP contribution < -0.4 is 0 Å². The highest BCUT2D eigenvalue weighted by Gasteiger charge is 2.36. The van der Waals surface area contributed by atoms with Crippen molar-refractivity contribution in [3.05, 3.63) is 0 Å². The van der Waals surface area contributed by atoms with Crippen LogP contribution in [0, 0.1) is 5.92 Å². The number of aliphatic carboxylic acids is 1. The lowest BCUT2D eigenvalue weighted by Crippen LogP contribution is -2.37. The van der Waals surface area contributed by atoms with Crippen molar-refractivity contribution in [1.82, 2.24) is 5.01 Å². The van der Waals surface area contributed by atoms with Gasteiger partial charge < -0.3 is 5.11 Å². The van der Waals surface area contributed by atoms with Gasteiger partial charge in [0.2, 0.25) is 0 Å². The van der Waals surface area contributed by atoms with E-state index in [0.717, 1.165) is 12.8 Å². The van der Waals surface area contributed by atoms with E-state index in [1.165, 1.54) is 11.2 Å². The quantitative estimate of drug-likeness (QED) is 0.676. The number of carbonyl (C=O) groups excluding carboxylic acids is 1. The van der Waals surface area contributed by atoms with Crippen LogP contribution in [0.15, 0.2) is 5.10 Å². The van der Waals surface area contributed by atoms with Gasteiger partial charge in [0.25, 0.3) is 5.91 Å². The molecule has 0 radical (unpaired) electrons. The van der Waals surface area contributed by atoms with E-state index in [2.05, 4.69) is 5.10 Å². The molecule has 14 heavy (non-hydrogen) atoms. The summed E-state index contributed by atoms with van der Waals surface area (Å²) in [4.78, 5) is 22.1. The molecule has 0 aromatic heterocycles. The SMILES string of the molecule is CCC(CC)N1N=CC(C(=O)O)C1=O. The van der Waals surface area contributed by atoms with E-state index in [-0.39, 0.29) is 6.04 Å². The van der Waals surface area contributed by atoms with Crippen molar-refractivity contribution in [1.29, 1.82) is 0 Å². The van der Waals surface area contributed by atoms with Crippen LogP contribution in [-0.4, -0.2) is 34.2 Å². The smallest absolute Gasteiger partial charge is 0.321 e. The van der Waals surface area contributed by atoms with Gasteiger partial charge in [0.05, 0.1) is 6.04 Å². The lowest BCUT2D eigenvalue weighted by Gasteiger charge is -2.22. The van der Waals surface area contributed by atoms with Gasteiger partial charge in [0.15, 0.2) is 5.92 Å². The highest BCUT2D eigenvalue weighted by atomic mass is 16.4. The monoisotopic (exact) mass is 198 g/mol. The zero-order chi connectivity index (χ0) is 10.7. The number of hydrogen-bond acceptors (Lipinski definition) is 3. The van der Waals surface area contributed by atoms with E-state index < -0.39 is 17.8 Å². The van der Waals surface area contributed by atoms with Crippen LogP contribution in [0.25, 0.3) is 0 Å². The Labute approximate surface area is 82.4 Å². The summed E-state index contributed by atoms with van der Waals surface area (Å²) in [5.41, 5.74) is 0. The summed E-state index contributed by atoms with van der Waals surface area (Å²) in [7, 11) is 0. The van der Waals surface area contributed by atoms with Crippen molar-refractivity contribution >= 4 is 18.1 Å². The molecule has 0 aromatic carbocycles. The Bertz CT molecular complexity index is 271. The molecular formula is C9H14N2O3. The van der Waals surface area contributed by atoms with Crippen molar-refractivity contribution in [3.8, 4) is 0 Å². The first-order valence-corrected chi connectivity index (χ1v) is 4.71. The first kappa shape index (κ1) is 10.7. The molecule has 0 spiro atoms. The van der Waals surface area contributed by atoms with E-state index in [0.29, 0.717) is 0 Å². The third kappa shape index (κ3) is 1.76. The molecule has 78 valence electrons. The van der Waals surface area contributed by atoms with E-state index in [9.17, 15) is 9.59 Å². The summed E-state index contributed by atoms with van der Waals surface area (Å²) in [6, 6.07) is 0.0168. The molecule has 0 aliphatic carbocycles. The maximum absolute atomic E-state index is 11.5. The average molecular weight is 198 g/mol. The Morgan fingerprint density at radius 2 is 2.21 bits per heavy atom. The van der Waals surface area contributed by atoms with Gasteiger partial charge in [0.1, 0.15) is 0 Å². The summed E-state index contributed by atoms with van der Waals surface area (Å²) in [6.07, 6.45) is 2.76. The number of carbonyl (C=O) groups is 2. The summed E-state index contributed by atoms with van der Waals surface area (Å²) >= 11 is 0. The van der Waals surface area contributed by atoms with Gasteiger partial charge in [0, 0.05) is 6.21 Å². The Hall–Kier alpha value is -1.39. The van der Waals surface area contributed by atoms with Crippen LogP contribution in [0.2, 0.25) is 0 Å². The summed E-state index contributed by atoms with van der Waals surface area (Å²) in [5, 5.41) is 13.8. The van der Waals surface area contributed by atoms with Gasteiger partial charge in [-0.25, -0.2) is 5.01 Å². The Balaban J connectivity index is 2.73. The second kappa shape index (κ2) is 4.21. The molecular weight excluding hydrogens is 184 g/mol. The van der Waals surface area contributed by atoms with Crippen molar-refractivity contribution in [3.63, 3.8) is 0 Å². The number of carboxylic acid groups (broad SMARTS) is 1. The summed E-state index contributed by atoms with van der Waals surface area (Å²) in [5.74, 6) is -2.64. The largest absolute Gasteiger partial charge is 0.480 e. The lowest BCUT2D eigenvalue weighted by molar-refractivity contribution is -0.147. The second-order valence-corrected chi connectivity index (χ2v) is 3.23. The molecule has 0 fully saturated rings. The Kier molecular flexibility index (Phi) is 3.22. The minimum Gasteiger partial charge on any atom is -0.480 e. The fourth-order valence-corrected chi connectivity index (χ4v) is 1.48. The molecule has 0 aromatic rings. The standard InChI is InChI=1S/C9H14N2O3/c1-3-6(4-2)11-8(12)7(5-10-11)9(13)14/h5-7H,3-4H2,1-2H3,(H,13,14). The molecule has 1 aliphatic heterocycles. The zero-order valence-corrected chi connectivity index (χ0v) is 8.30. The maximum atomic E-state index is 11.5. The number of nitrogens with zero attached hydrogens (tertiary/aromatic N) is 2. The number of rotatable bonds is 4. The van der Waals surface area contributed by atoms with Crippen molar-refractivity contribution in [2.45, 2.75) is 32.7 Å². The Morgan fingerprint density at radius 3 is 2.57 bits per heavy atom. The van der Waals surface area contributed by atoms with Crippen LogP contribution in [0.4, 0.5) is 0 Å². The number of hydrazone groups is 1. The third-order valence-corrected chi connectivity index (χ3v) is 2.39. The Morgan fingerprint density at radius 1 is 1.64 bits per heavy atom. The lowest BCUT2D eigenvalue weighted by atomic mass is 10.1. The van der Waals surface area contributed by atoms with Gasteiger partial charge in [-0.3, -0.25) is 9.59 Å². The minimum atomic E-state index is -1.13. The van der Waals surface area contributed by atoms with E-state index in [1.807, 2.05) is 13.8 Å². The van der Waals surface area contributed by atoms with Crippen LogP contribution in [0.1, 0.15) is 26.7 Å². The van der Waals surface area contributed by atoms with Gasteiger partial charge >= 0.3 is 5.97 Å². The fourth-order valence-electron chi connectivity index (χ4n) is 1.48. The van der Waals surface area contributed by atoms with Crippen LogP contribution in [0.5, 0.6) is 0 Å². The zero-order valence-electron chi connectivity index (χ0n) is 8.30. The number of carboxylic acids is 1. The molecule has 1 N–H and O–H groups in total. The molecule has 0 saturated carbocycles. The molecule has 1 unspecified atom stereocenters. The molecule has 1 rings (SSSR count). The second-order valence-electron chi connectivity index (χ2n) is 3.23. The van der Waals surface area contributed by atoms with Crippen LogP contribution in [-0.2, 0) is 9.59 Å². The van der Waals surface area contributed by atoms with E-state index >= 15 is 0 Å². The van der Waals surface area contributed by atoms with Gasteiger partial charge in [-0.05, 0) is 12.8 Å². The van der Waals surface area contributed by atoms with Gasteiger partial charge in [-0.15, -0.1) is 0 Å². The van der Waals surface area contributed by atoms with E-state index in [4.69, 9.17) is 5.11 Å².